The molecule has 0 fully saturated rings. The SMILES string of the molecule is COC(=O)c1c(C)[nH]c(C(=O)OCC(=O)Nc2c(C)nn(C)c2C)c1C. The van der Waals surface area contributed by atoms with Gasteiger partial charge in [0.15, 0.2) is 6.61 Å². The predicted molar refractivity (Wildman–Crippen MR) is 93.2 cm³/mol. The summed E-state index contributed by atoms with van der Waals surface area (Å²) < 4.78 is 11.4. The van der Waals surface area contributed by atoms with Crippen molar-refractivity contribution in [2.24, 2.45) is 7.05 Å². The zero-order chi connectivity index (χ0) is 19.6. The summed E-state index contributed by atoms with van der Waals surface area (Å²) in [5.74, 6) is -1.75. The lowest BCUT2D eigenvalue weighted by Gasteiger charge is -2.07. The van der Waals surface area contributed by atoms with Gasteiger partial charge in [0.2, 0.25) is 0 Å². The largest absolute Gasteiger partial charge is 0.465 e. The molecule has 0 aliphatic rings. The highest BCUT2D eigenvalue weighted by atomic mass is 16.5. The van der Waals surface area contributed by atoms with E-state index in [2.05, 4.69) is 15.4 Å². The van der Waals surface area contributed by atoms with Gasteiger partial charge in [-0.05, 0) is 33.3 Å². The number of carbonyl (C=O) groups is 3. The molecule has 0 saturated carbocycles. The number of aryl methyl sites for hydroxylation is 3. The van der Waals surface area contributed by atoms with Crippen LogP contribution in [0.25, 0.3) is 0 Å². The molecule has 0 aliphatic carbocycles. The van der Waals surface area contributed by atoms with E-state index in [1.165, 1.54) is 7.11 Å². The summed E-state index contributed by atoms with van der Waals surface area (Å²) in [6.07, 6.45) is 0. The lowest BCUT2D eigenvalue weighted by atomic mass is 10.1. The van der Waals surface area contributed by atoms with Crippen molar-refractivity contribution in [1.29, 1.82) is 0 Å². The van der Waals surface area contributed by atoms with Gasteiger partial charge in [-0.25, -0.2) is 9.59 Å². The van der Waals surface area contributed by atoms with Gasteiger partial charge in [-0.3, -0.25) is 9.48 Å². The number of amides is 1. The number of anilines is 1. The van der Waals surface area contributed by atoms with Crippen molar-refractivity contribution >= 4 is 23.5 Å². The van der Waals surface area contributed by atoms with E-state index in [0.717, 1.165) is 5.69 Å². The minimum Gasteiger partial charge on any atom is -0.465 e. The molecule has 0 radical (unpaired) electrons. The standard InChI is InChI=1S/C17H22N4O5/c1-8-13(16(23)25-6)9(2)18-14(8)17(24)26-7-12(22)19-15-10(3)20-21(5)11(15)4/h18H,7H2,1-6H3,(H,19,22). The van der Waals surface area contributed by atoms with E-state index in [0.29, 0.717) is 22.6 Å². The Morgan fingerprint density at radius 3 is 2.35 bits per heavy atom. The number of aromatic nitrogens is 3. The zero-order valence-electron chi connectivity index (χ0n) is 15.6. The Morgan fingerprint density at radius 2 is 1.81 bits per heavy atom. The molecule has 26 heavy (non-hydrogen) atoms. The summed E-state index contributed by atoms with van der Waals surface area (Å²) in [6.45, 7) is 6.39. The molecule has 0 bridgehead atoms. The minimum absolute atomic E-state index is 0.115. The van der Waals surface area contributed by atoms with Crippen LogP contribution in [0.3, 0.4) is 0 Å². The van der Waals surface area contributed by atoms with Crippen molar-refractivity contribution in [3.05, 3.63) is 33.9 Å². The molecule has 0 unspecified atom stereocenters. The first kappa shape index (κ1) is 19.2. The van der Waals surface area contributed by atoms with Crippen molar-refractivity contribution in [3.8, 4) is 0 Å². The third-order valence-electron chi connectivity index (χ3n) is 4.14. The number of nitrogens with one attached hydrogen (secondary N) is 2. The molecule has 2 rings (SSSR count). The molecule has 2 N–H and O–H groups in total. The quantitative estimate of drug-likeness (QED) is 0.780. The fraction of sp³-hybridized carbons (Fsp3) is 0.412. The maximum Gasteiger partial charge on any atom is 0.355 e. The first-order valence-electron chi connectivity index (χ1n) is 7.92. The summed E-state index contributed by atoms with van der Waals surface area (Å²) in [7, 11) is 3.03. The second-order valence-corrected chi connectivity index (χ2v) is 5.91. The maximum atomic E-state index is 12.2. The Kier molecular flexibility index (Phi) is 5.49. The topological polar surface area (TPSA) is 115 Å². The van der Waals surface area contributed by atoms with Gasteiger partial charge in [0.25, 0.3) is 5.91 Å². The van der Waals surface area contributed by atoms with Crippen LogP contribution in [-0.4, -0.2) is 46.3 Å². The smallest absolute Gasteiger partial charge is 0.355 e. The highest BCUT2D eigenvalue weighted by molar-refractivity contribution is 6.00. The Bertz CT molecular complexity index is 878. The second-order valence-electron chi connectivity index (χ2n) is 5.91. The van der Waals surface area contributed by atoms with E-state index < -0.39 is 24.5 Å². The van der Waals surface area contributed by atoms with E-state index >= 15 is 0 Å². The number of H-pyrrole nitrogens is 1. The number of ether oxygens (including phenoxy) is 2. The lowest BCUT2D eigenvalue weighted by molar-refractivity contribution is -0.119. The van der Waals surface area contributed by atoms with Crippen LogP contribution in [0.1, 0.15) is 43.5 Å². The van der Waals surface area contributed by atoms with Gasteiger partial charge in [-0.15, -0.1) is 0 Å². The Hall–Kier alpha value is -3.10. The summed E-state index contributed by atoms with van der Waals surface area (Å²) >= 11 is 0. The monoisotopic (exact) mass is 362 g/mol. The number of aromatic amines is 1. The highest BCUT2D eigenvalue weighted by Crippen LogP contribution is 2.20. The van der Waals surface area contributed by atoms with E-state index in [1.807, 2.05) is 6.92 Å². The normalized spacial score (nSPS) is 10.5. The number of carbonyl (C=O) groups excluding carboxylic acids is 3. The number of nitrogens with zero attached hydrogens (tertiary/aromatic N) is 2. The van der Waals surface area contributed by atoms with E-state index in [1.54, 1.807) is 32.5 Å². The molecule has 2 heterocycles. The van der Waals surface area contributed by atoms with Gasteiger partial charge in [0, 0.05) is 12.7 Å². The molecule has 140 valence electrons. The Labute approximate surface area is 150 Å². The fourth-order valence-electron chi connectivity index (χ4n) is 2.70. The minimum atomic E-state index is -0.726. The van der Waals surface area contributed by atoms with Crippen LogP contribution in [0.15, 0.2) is 0 Å². The number of rotatable bonds is 5. The van der Waals surface area contributed by atoms with Gasteiger partial charge in [-0.2, -0.15) is 5.10 Å². The number of methoxy groups -OCH3 is 1. The van der Waals surface area contributed by atoms with Crippen LogP contribution >= 0.6 is 0 Å². The first-order valence-corrected chi connectivity index (χ1v) is 7.92. The van der Waals surface area contributed by atoms with Gasteiger partial charge in [0.05, 0.1) is 29.7 Å². The van der Waals surface area contributed by atoms with Gasteiger partial charge < -0.3 is 19.8 Å². The maximum absolute atomic E-state index is 12.2. The van der Waals surface area contributed by atoms with E-state index in [9.17, 15) is 14.4 Å². The summed E-state index contributed by atoms with van der Waals surface area (Å²) in [5, 5.41) is 6.88. The van der Waals surface area contributed by atoms with Crippen molar-refractivity contribution in [2.75, 3.05) is 19.0 Å². The second kappa shape index (κ2) is 7.42. The summed E-state index contributed by atoms with van der Waals surface area (Å²) in [6, 6.07) is 0. The van der Waals surface area contributed by atoms with Crippen LogP contribution in [0.2, 0.25) is 0 Å². The molecule has 0 spiro atoms. The molecule has 2 aromatic heterocycles. The molecule has 1 amide bonds. The predicted octanol–water partition coefficient (Wildman–Crippen LogP) is 1.56. The van der Waals surface area contributed by atoms with Gasteiger partial charge >= 0.3 is 11.9 Å². The number of hydrogen-bond donors (Lipinski definition) is 2. The van der Waals surface area contributed by atoms with Crippen LogP contribution < -0.4 is 5.32 Å². The van der Waals surface area contributed by atoms with Crippen molar-refractivity contribution in [2.45, 2.75) is 27.7 Å². The van der Waals surface area contributed by atoms with Crippen molar-refractivity contribution in [1.82, 2.24) is 14.8 Å². The van der Waals surface area contributed by atoms with Gasteiger partial charge in [-0.1, -0.05) is 0 Å². The molecule has 0 aliphatic heterocycles. The van der Waals surface area contributed by atoms with Crippen LogP contribution in [0.5, 0.6) is 0 Å². The van der Waals surface area contributed by atoms with E-state index in [4.69, 9.17) is 9.47 Å². The molecular weight excluding hydrogens is 340 g/mol. The van der Waals surface area contributed by atoms with Crippen molar-refractivity contribution < 1.29 is 23.9 Å². The third kappa shape index (κ3) is 3.61. The van der Waals surface area contributed by atoms with Crippen LogP contribution in [0, 0.1) is 27.7 Å². The molecule has 0 saturated heterocycles. The zero-order valence-corrected chi connectivity index (χ0v) is 15.6. The molecule has 9 heteroatoms. The highest BCUT2D eigenvalue weighted by Gasteiger charge is 2.24. The molecule has 2 aromatic rings. The molecule has 9 nitrogen and oxygen atoms in total. The number of esters is 2. The van der Waals surface area contributed by atoms with Crippen molar-refractivity contribution in [3.63, 3.8) is 0 Å². The lowest BCUT2D eigenvalue weighted by Crippen LogP contribution is -2.22. The summed E-state index contributed by atoms with van der Waals surface area (Å²) in [5.41, 5.74) is 3.36. The van der Waals surface area contributed by atoms with Gasteiger partial charge in [0.1, 0.15) is 5.69 Å². The first-order chi connectivity index (χ1) is 12.2. The van der Waals surface area contributed by atoms with Crippen LogP contribution in [0.4, 0.5) is 5.69 Å². The Balaban J connectivity index is 2.05. The average molecular weight is 362 g/mol. The Morgan fingerprint density at radius 1 is 1.15 bits per heavy atom. The molecular formula is C17H22N4O5. The van der Waals surface area contributed by atoms with E-state index in [-0.39, 0.29) is 11.3 Å². The average Bonchev–Trinajstić information content (AvgIpc) is 3.02. The van der Waals surface area contributed by atoms with Crippen LogP contribution in [-0.2, 0) is 21.3 Å². The fourth-order valence-corrected chi connectivity index (χ4v) is 2.70. The number of hydrogen-bond acceptors (Lipinski definition) is 6. The molecule has 0 atom stereocenters. The summed E-state index contributed by atoms with van der Waals surface area (Å²) in [4.78, 5) is 38.9. The third-order valence-corrected chi connectivity index (χ3v) is 4.14. The molecule has 0 aromatic carbocycles.